The van der Waals surface area contributed by atoms with Gasteiger partial charge in [-0.15, -0.1) is 43.2 Å². The summed E-state index contributed by atoms with van der Waals surface area (Å²) in [7, 11) is 4.84. The molecule has 17 heavy (non-hydrogen) atoms. The molecule has 2 atom stereocenters. The molecule has 0 saturated heterocycles. The molecular weight excluding hydrogens is 342 g/mol. The van der Waals surface area contributed by atoms with Gasteiger partial charge in [-0.2, -0.15) is 0 Å². The van der Waals surface area contributed by atoms with Crippen LogP contribution in [0.15, 0.2) is 0 Å². The molecule has 0 rings (SSSR count). The SMILES string of the molecule is C#CCP.C#CCP.[C-]#[O+].[C-]#[O+].[C-]#[O+].[C-]#[O+].[Mo]. The van der Waals surface area contributed by atoms with Crippen molar-refractivity contribution in [3.63, 3.8) is 0 Å². The molecule has 0 aromatic heterocycles. The minimum atomic E-state index is 0. The fraction of sp³-hybridized carbons (Fsp3) is 0.200. The van der Waals surface area contributed by atoms with Crippen LogP contribution in [0, 0.1) is 51.3 Å². The molecule has 7 heteroatoms. The summed E-state index contributed by atoms with van der Waals surface area (Å²) in [5.74, 6) is 4.79. The number of terminal acetylenes is 2. The average molecular weight is 352 g/mol. The van der Waals surface area contributed by atoms with Crippen molar-refractivity contribution in [3.05, 3.63) is 26.6 Å². The molecular formula is C10H10MoO4P2. The van der Waals surface area contributed by atoms with Gasteiger partial charge in [-0.25, -0.2) is 0 Å². The van der Waals surface area contributed by atoms with Crippen molar-refractivity contribution in [1.29, 1.82) is 0 Å². The summed E-state index contributed by atoms with van der Waals surface area (Å²) in [6.07, 6.45) is 11.0. The fourth-order valence-electron chi connectivity index (χ4n) is 0. The Hall–Kier alpha value is -0.372. The first-order valence-corrected chi connectivity index (χ1v) is 4.55. The third kappa shape index (κ3) is 1090. The molecule has 0 spiro atoms. The van der Waals surface area contributed by atoms with Gasteiger partial charge in [0, 0.05) is 33.4 Å². The zero-order chi connectivity index (χ0) is 14.8. The van der Waals surface area contributed by atoms with Crippen molar-refractivity contribution in [3.8, 4) is 24.7 Å². The zero-order valence-corrected chi connectivity index (χ0v) is 13.1. The Kier molecular flexibility index (Phi) is 655. The first-order valence-electron chi connectivity index (χ1n) is 2.92. The van der Waals surface area contributed by atoms with E-state index < -0.39 is 0 Å². The summed E-state index contributed by atoms with van der Waals surface area (Å²) < 4.78 is 30.0. The molecule has 0 amide bonds. The Bertz CT molecular complexity index is 195. The van der Waals surface area contributed by atoms with Gasteiger partial charge in [0.25, 0.3) is 0 Å². The van der Waals surface area contributed by atoms with E-state index in [9.17, 15) is 0 Å². The van der Waals surface area contributed by atoms with Crippen molar-refractivity contribution < 1.29 is 39.7 Å². The molecule has 0 radical (unpaired) electrons. The van der Waals surface area contributed by atoms with Crippen molar-refractivity contribution >= 4 is 18.5 Å². The second kappa shape index (κ2) is 254. The minimum absolute atomic E-state index is 0. The molecule has 0 aromatic rings. The third-order valence-corrected chi connectivity index (χ3v) is 0.707. The maximum atomic E-state index is 7.50. The molecule has 90 valence electrons. The maximum Gasteiger partial charge on any atom is 0 e. The fourth-order valence-corrected chi connectivity index (χ4v) is 0. The molecule has 0 aromatic carbocycles. The van der Waals surface area contributed by atoms with E-state index >= 15 is 0 Å². The van der Waals surface area contributed by atoms with E-state index in [0.29, 0.717) is 0 Å². The van der Waals surface area contributed by atoms with Crippen LogP contribution in [0.1, 0.15) is 0 Å². The summed E-state index contributed by atoms with van der Waals surface area (Å²) in [4.78, 5) is 0. The van der Waals surface area contributed by atoms with Crippen molar-refractivity contribution in [1.82, 2.24) is 0 Å². The molecule has 0 aliphatic carbocycles. The zero-order valence-electron chi connectivity index (χ0n) is 8.76. The van der Waals surface area contributed by atoms with Gasteiger partial charge in [-0.05, 0) is 0 Å². The van der Waals surface area contributed by atoms with Crippen LogP contribution in [0.5, 0.6) is 0 Å². The van der Waals surface area contributed by atoms with Crippen LogP contribution in [0.2, 0.25) is 0 Å². The van der Waals surface area contributed by atoms with E-state index in [1.807, 2.05) is 0 Å². The van der Waals surface area contributed by atoms with Crippen LogP contribution in [0.25, 0.3) is 0 Å². The Morgan fingerprint density at radius 1 is 0.706 bits per heavy atom. The normalized spacial score (nSPS) is 2.82. The molecule has 0 N–H and O–H groups in total. The van der Waals surface area contributed by atoms with Gasteiger partial charge in [0.2, 0.25) is 0 Å². The molecule has 0 bridgehead atoms. The Balaban J connectivity index is -0.0000000146. The summed E-state index contributed by atoms with van der Waals surface area (Å²) in [6, 6.07) is 0. The largest absolute Gasteiger partial charge is 0 e. The summed E-state index contributed by atoms with van der Waals surface area (Å²) in [5, 5.41) is 0. The number of hydrogen-bond acceptors (Lipinski definition) is 0. The van der Waals surface area contributed by atoms with Gasteiger partial charge in [-0.3, -0.25) is 0 Å². The topological polar surface area (TPSA) is 79.6 Å². The van der Waals surface area contributed by atoms with E-state index in [-0.39, 0.29) is 21.1 Å². The molecule has 0 saturated carbocycles. The Morgan fingerprint density at radius 3 is 0.765 bits per heavy atom. The standard InChI is InChI=1S/2C3H5P.4CO.Mo/c2*1-2-3-4;4*1-2;/h2*1H,3-4H2;;;;;. The van der Waals surface area contributed by atoms with Gasteiger partial charge in [0.1, 0.15) is 0 Å². The first kappa shape index (κ1) is 43.8. The van der Waals surface area contributed by atoms with E-state index in [1.54, 1.807) is 0 Å². The molecule has 4 nitrogen and oxygen atoms in total. The van der Waals surface area contributed by atoms with Crippen molar-refractivity contribution in [2.45, 2.75) is 0 Å². The number of rotatable bonds is 0. The molecule has 0 heterocycles. The number of hydrogen-bond donors (Lipinski definition) is 0. The second-order valence-corrected chi connectivity index (χ2v) is 1.63. The summed E-state index contributed by atoms with van der Waals surface area (Å²) in [5.41, 5.74) is 0. The van der Waals surface area contributed by atoms with Crippen LogP contribution in [-0.4, -0.2) is 12.3 Å². The maximum absolute atomic E-state index is 7.50. The third-order valence-electron chi connectivity index (χ3n) is 0.236. The van der Waals surface area contributed by atoms with Gasteiger partial charge in [-0.1, -0.05) is 0 Å². The predicted octanol–water partition coefficient (Wildman–Crippen LogP) is 0.837. The van der Waals surface area contributed by atoms with E-state index in [1.165, 1.54) is 0 Å². The smallest absolute Gasteiger partial charge is 0 e. The average Bonchev–Trinajstić information content (AvgIpc) is 2.47. The Morgan fingerprint density at radius 2 is 0.765 bits per heavy atom. The molecule has 0 aliphatic rings. The van der Waals surface area contributed by atoms with Crippen LogP contribution >= 0.6 is 18.5 Å². The minimum Gasteiger partial charge on any atom is 0 e. The second-order valence-electron chi connectivity index (χ2n) is 0.816. The predicted molar refractivity (Wildman–Crippen MR) is 62.5 cm³/mol. The summed E-state index contributed by atoms with van der Waals surface area (Å²) >= 11 is 0. The molecule has 0 aliphatic heterocycles. The molecule has 0 fully saturated rings. The van der Waals surface area contributed by atoms with E-state index in [4.69, 9.17) is 31.5 Å². The Labute approximate surface area is 122 Å². The van der Waals surface area contributed by atoms with Crippen LogP contribution in [0.3, 0.4) is 0 Å². The van der Waals surface area contributed by atoms with Gasteiger partial charge >= 0.3 is 45.2 Å². The van der Waals surface area contributed by atoms with E-state index in [2.05, 4.69) is 56.9 Å². The van der Waals surface area contributed by atoms with Crippen LogP contribution in [-0.2, 0) is 39.7 Å². The first-order chi connectivity index (χ1) is 7.83. The van der Waals surface area contributed by atoms with Gasteiger partial charge in [0.15, 0.2) is 0 Å². The van der Waals surface area contributed by atoms with Crippen LogP contribution < -0.4 is 0 Å². The molecule has 2 unspecified atom stereocenters. The quantitative estimate of drug-likeness (QED) is 0.204. The monoisotopic (exact) mass is 354 g/mol. The summed E-state index contributed by atoms with van der Waals surface area (Å²) in [6.45, 7) is 18.0. The van der Waals surface area contributed by atoms with Crippen molar-refractivity contribution in [2.75, 3.05) is 12.3 Å². The van der Waals surface area contributed by atoms with Crippen LogP contribution in [0.4, 0.5) is 0 Å². The van der Waals surface area contributed by atoms with Gasteiger partial charge < -0.3 is 0 Å². The van der Waals surface area contributed by atoms with E-state index in [0.717, 1.165) is 12.3 Å². The van der Waals surface area contributed by atoms with Crippen molar-refractivity contribution in [2.24, 2.45) is 0 Å². The van der Waals surface area contributed by atoms with Gasteiger partial charge in [0.05, 0.1) is 0 Å².